The molecule has 0 spiro atoms. The van der Waals surface area contributed by atoms with Crippen molar-refractivity contribution in [3.8, 4) is 16.9 Å². The molecule has 1 saturated carbocycles. The van der Waals surface area contributed by atoms with Crippen molar-refractivity contribution in [2.75, 3.05) is 25.0 Å². The van der Waals surface area contributed by atoms with Crippen molar-refractivity contribution < 1.29 is 24.3 Å². The zero-order valence-corrected chi connectivity index (χ0v) is 33.7. The first-order chi connectivity index (χ1) is 29.2. The van der Waals surface area contributed by atoms with Crippen LogP contribution in [0.5, 0.6) is 5.75 Å². The average molecular weight is 811 g/mol. The summed E-state index contributed by atoms with van der Waals surface area (Å²) in [6.45, 7) is 4.56. The number of hydrogen-bond donors (Lipinski definition) is 4. The predicted octanol–water partition coefficient (Wildman–Crippen LogP) is 5.53. The third-order valence-electron chi connectivity index (χ3n) is 11.6. The number of nitrogens with one attached hydrogen (secondary N) is 3. The van der Waals surface area contributed by atoms with Crippen molar-refractivity contribution in [2.24, 2.45) is 7.05 Å². The number of aryl methyl sites for hydroxylation is 1. The zero-order chi connectivity index (χ0) is 41.8. The molecule has 3 aromatic carbocycles. The fourth-order valence-electron chi connectivity index (χ4n) is 8.77. The summed E-state index contributed by atoms with van der Waals surface area (Å²) in [5.41, 5.74) is 5.09. The number of piperazine rings is 1. The van der Waals surface area contributed by atoms with Gasteiger partial charge in [0.1, 0.15) is 18.0 Å². The summed E-state index contributed by atoms with van der Waals surface area (Å²) < 4.78 is 2.01. The molecule has 310 valence electrons. The molecule has 6 amide bonds. The number of amides is 6. The van der Waals surface area contributed by atoms with Crippen molar-refractivity contribution in [3.05, 3.63) is 121 Å². The Morgan fingerprint density at radius 3 is 2.42 bits per heavy atom. The number of benzene rings is 3. The second kappa shape index (κ2) is 17.6. The number of hydrazine groups is 1. The van der Waals surface area contributed by atoms with E-state index in [1.165, 1.54) is 6.42 Å². The van der Waals surface area contributed by atoms with Gasteiger partial charge in [-0.3, -0.25) is 14.9 Å². The average Bonchev–Trinajstić information content (AvgIpc) is 3.60. The first-order valence-electron chi connectivity index (χ1n) is 20.5. The number of phenols is 1. The number of para-hydroxylation sites is 1. The van der Waals surface area contributed by atoms with Gasteiger partial charge in [-0.05, 0) is 41.7 Å². The summed E-state index contributed by atoms with van der Waals surface area (Å²) in [6, 6.07) is 20.6. The van der Waals surface area contributed by atoms with Crippen LogP contribution in [-0.2, 0) is 36.1 Å². The molecule has 4 heterocycles. The van der Waals surface area contributed by atoms with E-state index in [-0.39, 0.29) is 74.7 Å². The van der Waals surface area contributed by atoms with Gasteiger partial charge in [-0.25, -0.2) is 29.6 Å². The van der Waals surface area contributed by atoms with Crippen LogP contribution < -0.4 is 16.0 Å². The first-order valence-corrected chi connectivity index (χ1v) is 20.5. The summed E-state index contributed by atoms with van der Waals surface area (Å²) in [5, 5.41) is 23.0. The number of hydrogen-bond acceptors (Lipinski definition) is 8. The Hall–Kier alpha value is -6.74. The monoisotopic (exact) mass is 810 g/mol. The van der Waals surface area contributed by atoms with Gasteiger partial charge in [-0.15, -0.1) is 6.58 Å². The Labute approximate surface area is 348 Å². The molecule has 3 fully saturated rings. The fraction of sp³-hybridized carbons (Fsp3) is 0.333. The van der Waals surface area contributed by atoms with Gasteiger partial charge in [0.15, 0.2) is 0 Å². The molecule has 5 aromatic rings. The third-order valence-corrected chi connectivity index (χ3v) is 11.6. The van der Waals surface area contributed by atoms with Crippen molar-refractivity contribution >= 4 is 40.7 Å². The molecule has 2 aliphatic heterocycles. The summed E-state index contributed by atoms with van der Waals surface area (Å²) in [7, 11) is 1.95. The van der Waals surface area contributed by atoms with E-state index >= 15 is 0 Å². The van der Waals surface area contributed by atoms with Gasteiger partial charge >= 0.3 is 12.1 Å². The minimum atomic E-state index is -0.923. The van der Waals surface area contributed by atoms with Crippen molar-refractivity contribution in [1.82, 2.24) is 45.0 Å². The van der Waals surface area contributed by atoms with E-state index in [9.17, 15) is 24.3 Å². The molecule has 2 aromatic heterocycles. The topological polar surface area (TPSA) is 168 Å². The van der Waals surface area contributed by atoms with Gasteiger partial charge in [-0.1, -0.05) is 86.0 Å². The number of nitrogens with zero attached hydrogens (tertiary/aromatic N) is 7. The molecule has 1 aliphatic carbocycles. The molecule has 2 atom stereocenters. The molecular weight excluding hydrogens is 761 g/mol. The number of aromatic hydroxyl groups is 1. The quantitative estimate of drug-likeness (QED) is 0.126. The Morgan fingerprint density at radius 1 is 0.933 bits per heavy atom. The normalized spacial score (nSPS) is 18.6. The van der Waals surface area contributed by atoms with Crippen LogP contribution in [-0.4, -0.2) is 101 Å². The van der Waals surface area contributed by atoms with Crippen LogP contribution in [0.15, 0.2) is 104 Å². The number of fused-ring (bicyclic) bond motifs is 2. The van der Waals surface area contributed by atoms with E-state index < -0.39 is 18.2 Å². The largest absolute Gasteiger partial charge is 0.508 e. The van der Waals surface area contributed by atoms with Crippen molar-refractivity contribution in [3.63, 3.8) is 0 Å². The maximum atomic E-state index is 14.7. The SMILES string of the molecule is C=CCN1CC(=O)N2[C@@H](Cc3ccc(O)cc3)C(=O)N(Cc3cccc4c(-c5cnc(NC(=O)NC6CCCCC6)nc5)cn(C)c34)C[C@@H]2N1C(=O)NCc1ccccc1. The summed E-state index contributed by atoms with van der Waals surface area (Å²) >= 11 is 0. The van der Waals surface area contributed by atoms with Gasteiger partial charge in [-0.2, -0.15) is 0 Å². The van der Waals surface area contributed by atoms with Gasteiger partial charge in [0.25, 0.3) is 0 Å². The molecule has 0 bridgehead atoms. The highest BCUT2D eigenvalue weighted by atomic mass is 16.3. The number of urea groups is 2. The lowest BCUT2D eigenvalue weighted by molar-refractivity contribution is -0.189. The van der Waals surface area contributed by atoms with E-state index in [1.54, 1.807) is 62.6 Å². The third kappa shape index (κ3) is 8.52. The minimum Gasteiger partial charge on any atom is -0.508 e. The minimum absolute atomic E-state index is 0.0628. The summed E-state index contributed by atoms with van der Waals surface area (Å²) in [4.78, 5) is 67.9. The lowest BCUT2D eigenvalue weighted by Gasteiger charge is -2.55. The molecular formula is C45H50N10O5. The number of phenolic OH excluding ortho intramolecular Hbond substituents is 1. The highest BCUT2D eigenvalue weighted by Crippen LogP contribution is 2.34. The van der Waals surface area contributed by atoms with Crippen LogP contribution in [0.2, 0.25) is 0 Å². The van der Waals surface area contributed by atoms with Gasteiger partial charge in [0.05, 0.1) is 18.6 Å². The Bertz CT molecular complexity index is 2360. The summed E-state index contributed by atoms with van der Waals surface area (Å²) in [6.07, 6.45) is 11.8. The van der Waals surface area contributed by atoms with Crippen molar-refractivity contribution in [1.29, 1.82) is 0 Å². The van der Waals surface area contributed by atoms with Crippen LogP contribution >= 0.6 is 0 Å². The standard InChI is InChI=1S/C45H50N10O5/c1-3-21-53-29-40(57)54-38(22-30-17-19-35(56)20-18-30)42(58)52(28-39(54)55(53)45(60)48-23-31-11-6-4-7-12-31)26-32-13-10-16-36-37(27-51(2)41(32)36)33-24-46-43(47-25-33)50-44(59)49-34-14-8-5-9-15-34/h3-4,6-7,10-13,16-20,24-25,27,34,38-39,56H,1,5,8-9,14-15,21-23,26,28-29H2,2H3,(H,48,60)(H2,46,47,49,50,59)/t38-,39-/m0/s1. The number of anilines is 1. The molecule has 0 unspecified atom stereocenters. The molecule has 60 heavy (non-hydrogen) atoms. The Balaban J connectivity index is 1.08. The molecule has 15 nitrogen and oxygen atoms in total. The highest BCUT2D eigenvalue weighted by molar-refractivity contribution is 5.98. The predicted molar refractivity (Wildman–Crippen MR) is 227 cm³/mol. The summed E-state index contributed by atoms with van der Waals surface area (Å²) in [5.74, 6) is -0.212. The van der Waals surface area contributed by atoms with Crippen LogP contribution in [0.3, 0.4) is 0 Å². The molecule has 4 N–H and O–H groups in total. The number of rotatable bonds is 11. The smallest absolute Gasteiger partial charge is 0.334 e. The van der Waals surface area contributed by atoms with E-state index in [1.807, 2.05) is 66.3 Å². The first kappa shape index (κ1) is 40.1. The van der Waals surface area contributed by atoms with Gasteiger partial charge in [0, 0.05) is 74.2 Å². The molecule has 3 aliphatic rings. The van der Waals surface area contributed by atoms with E-state index in [0.29, 0.717) is 0 Å². The van der Waals surface area contributed by atoms with Gasteiger partial charge < -0.3 is 30.1 Å². The number of carbonyl (C=O) groups is 4. The lowest BCUT2D eigenvalue weighted by Crippen LogP contribution is -2.76. The Morgan fingerprint density at radius 2 is 1.68 bits per heavy atom. The fourth-order valence-corrected chi connectivity index (χ4v) is 8.77. The van der Waals surface area contributed by atoms with E-state index in [2.05, 4.69) is 32.5 Å². The lowest BCUT2D eigenvalue weighted by atomic mass is 9.96. The molecule has 15 heteroatoms. The Kier molecular flexibility index (Phi) is 11.8. The second-order valence-electron chi connectivity index (χ2n) is 15.7. The van der Waals surface area contributed by atoms with E-state index in [4.69, 9.17) is 0 Å². The van der Waals surface area contributed by atoms with Crippen molar-refractivity contribution in [2.45, 2.75) is 69.9 Å². The second-order valence-corrected chi connectivity index (χ2v) is 15.7. The van der Waals surface area contributed by atoms with Gasteiger partial charge in [0.2, 0.25) is 17.8 Å². The van der Waals surface area contributed by atoms with Crippen LogP contribution in [0.25, 0.3) is 22.0 Å². The van der Waals surface area contributed by atoms with Crippen LogP contribution in [0, 0.1) is 0 Å². The highest BCUT2D eigenvalue weighted by Gasteiger charge is 2.51. The maximum absolute atomic E-state index is 14.7. The number of carbonyl (C=O) groups excluding carboxylic acids is 4. The molecule has 2 saturated heterocycles. The molecule has 8 rings (SSSR count). The van der Waals surface area contributed by atoms with Crippen LogP contribution in [0.1, 0.15) is 48.8 Å². The van der Waals surface area contributed by atoms with Crippen LogP contribution in [0.4, 0.5) is 15.5 Å². The zero-order valence-electron chi connectivity index (χ0n) is 33.7. The van der Waals surface area contributed by atoms with E-state index in [0.717, 1.165) is 64.4 Å². The molecule has 0 radical (unpaired) electrons. The maximum Gasteiger partial charge on any atom is 0.334 e. The number of aromatic nitrogens is 3.